The molecular weight excluding hydrogens is 384 g/mol. The molecule has 28 heavy (non-hydrogen) atoms. The van der Waals surface area contributed by atoms with Gasteiger partial charge in [0.15, 0.2) is 5.58 Å². The molecule has 2 aliphatic heterocycles. The summed E-state index contributed by atoms with van der Waals surface area (Å²) < 4.78 is 41.5. The normalized spacial score (nSPS) is 26.1. The van der Waals surface area contributed by atoms with Crippen LogP contribution >= 0.6 is 0 Å². The highest BCUT2D eigenvalue weighted by Crippen LogP contribution is 2.19. The first kappa shape index (κ1) is 19.6. The Balaban J connectivity index is 1.42. The van der Waals surface area contributed by atoms with Crippen LogP contribution in [0.3, 0.4) is 0 Å². The summed E-state index contributed by atoms with van der Waals surface area (Å²) >= 11 is 0. The highest BCUT2D eigenvalue weighted by Gasteiger charge is 2.36. The highest BCUT2D eigenvalue weighted by atomic mass is 32.2. The van der Waals surface area contributed by atoms with Crippen molar-refractivity contribution in [1.82, 2.24) is 18.1 Å². The van der Waals surface area contributed by atoms with Gasteiger partial charge in [-0.25, -0.2) is 4.79 Å². The molecule has 0 radical (unpaired) electrons. The van der Waals surface area contributed by atoms with Crippen molar-refractivity contribution in [3.8, 4) is 0 Å². The van der Waals surface area contributed by atoms with Gasteiger partial charge >= 0.3 is 5.76 Å². The molecule has 0 N–H and O–H groups in total. The molecule has 0 spiro atoms. The van der Waals surface area contributed by atoms with E-state index in [0.29, 0.717) is 51.5 Å². The highest BCUT2D eigenvalue weighted by molar-refractivity contribution is 7.86. The Kier molecular flexibility index (Phi) is 5.32. The van der Waals surface area contributed by atoms with Crippen molar-refractivity contribution in [2.45, 2.75) is 32.7 Å². The molecule has 2 aromatic rings. The molecule has 4 rings (SSSR count). The number of benzene rings is 1. The molecule has 0 bridgehead atoms. The van der Waals surface area contributed by atoms with E-state index in [2.05, 4.69) is 4.90 Å². The molecule has 0 saturated carbocycles. The zero-order valence-electron chi connectivity index (χ0n) is 16.2. The Morgan fingerprint density at radius 1 is 1.00 bits per heavy atom. The molecular formula is C18H26N4O5S. The average Bonchev–Trinajstić information content (AvgIpc) is 2.97. The van der Waals surface area contributed by atoms with Crippen molar-refractivity contribution in [2.24, 2.45) is 0 Å². The van der Waals surface area contributed by atoms with E-state index < -0.39 is 16.0 Å². The third-order valence-corrected chi connectivity index (χ3v) is 7.25. The molecule has 2 saturated heterocycles. The minimum atomic E-state index is -3.51. The van der Waals surface area contributed by atoms with Gasteiger partial charge in [-0.15, -0.1) is 0 Å². The summed E-state index contributed by atoms with van der Waals surface area (Å²) in [5.74, 6) is -0.396. The van der Waals surface area contributed by atoms with Gasteiger partial charge < -0.3 is 9.15 Å². The molecule has 1 aromatic heterocycles. The predicted octanol–water partition coefficient (Wildman–Crippen LogP) is 0.524. The van der Waals surface area contributed by atoms with E-state index in [9.17, 15) is 13.2 Å². The van der Waals surface area contributed by atoms with Crippen LogP contribution in [-0.4, -0.2) is 78.0 Å². The van der Waals surface area contributed by atoms with Crippen molar-refractivity contribution in [3.05, 3.63) is 34.8 Å². The number of aromatic nitrogens is 1. The number of hydrogen-bond acceptors (Lipinski definition) is 6. The van der Waals surface area contributed by atoms with Gasteiger partial charge in [0, 0.05) is 39.3 Å². The van der Waals surface area contributed by atoms with Crippen LogP contribution < -0.4 is 5.76 Å². The Labute approximate surface area is 164 Å². The predicted molar refractivity (Wildman–Crippen MR) is 104 cm³/mol. The van der Waals surface area contributed by atoms with Gasteiger partial charge in [0.1, 0.15) is 0 Å². The summed E-state index contributed by atoms with van der Waals surface area (Å²) in [7, 11) is -3.51. The van der Waals surface area contributed by atoms with E-state index in [1.165, 1.54) is 8.61 Å². The number of oxazole rings is 1. The second-order valence-electron chi connectivity index (χ2n) is 7.50. The van der Waals surface area contributed by atoms with Crippen LogP contribution in [0.25, 0.3) is 11.1 Å². The molecule has 2 atom stereocenters. The Morgan fingerprint density at radius 2 is 1.64 bits per heavy atom. The molecule has 154 valence electrons. The third kappa shape index (κ3) is 3.74. The summed E-state index contributed by atoms with van der Waals surface area (Å²) in [6, 6.07) is 7.30. The molecule has 1 aromatic carbocycles. The van der Waals surface area contributed by atoms with Gasteiger partial charge in [0.25, 0.3) is 10.2 Å². The van der Waals surface area contributed by atoms with Crippen molar-refractivity contribution in [1.29, 1.82) is 0 Å². The van der Waals surface area contributed by atoms with Crippen molar-refractivity contribution >= 4 is 21.3 Å². The molecule has 2 fully saturated rings. The second-order valence-corrected chi connectivity index (χ2v) is 9.43. The maximum atomic E-state index is 13.0. The van der Waals surface area contributed by atoms with Crippen molar-refractivity contribution in [2.75, 3.05) is 39.3 Å². The van der Waals surface area contributed by atoms with Crippen molar-refractivity contribution < 1.29 is 17.6 Å². The number of fused-ring (bicyclic) bond motifs is 1. The van der Waals surface area contributed by atoms with Gasteiger partial charge in [-0.2, -0.15) is 17.0 Å². The maximum absolute atomic E-state index is 13.0. The van der Waals surface area contributed by atoms with E-state index in [0.717, 1.165) is 5.52 Å². The quantitative estimate of drug-likeness (QED) is 0.730. The molecule has 3 heterocycles. The van der Waals surface area contributed by atoms with Gasteiger partial charge in [-0.1, -0.05) is 12.1 Å². The zero-order chi connectivity index (χ0) is 19.9. The van der Waals surface area contributed by atoms with Gasteiger partial charge in [-0.05, 0) is 26.0 Å². The number of nitrogens with zero attached hydrogens (tertiary/aromatic N) is 4. The first-order valence-electron chi connectivity index (χ1n) is 9.56. The summed E-state index contributed by atoms with van der Waals surface area (Å²) in [4.78, 5) is 14.2. The first-order chi connectivity index (χ1) is 13.3. The molecule has 10 heteroatoms. The standard InChI is InChI=1S/C18H26N4O5S/c1-14-11-21(12-15(2)26-14)28(24,25)20-9-7-19(8-10-20)13-22-16-5-3-4-6-17(16)27-18(22)23/h3-6,14-15H,7-13H2,1-2H3/t14-,15-/m1/s1. The first-order valence-corrected chi connectivity index (χ1v) is 11.0. The number of rotatable bonds is 4. The second kappa shape index (κ2) is 7.60. The van der Waals surface area contributed by atoms with Crippen LogP contribution in [0.4, 0.5) is 0 Å². The summed E-state index contributed by atoms with van der Waals surface area (Å²) in [6.07, 6.45) is -0.220. The zero-order valence-corrected chi connectivity index (χ0v) is 17.0. The van der Waals surface area contributed by atoms with Crippen LogP contribution in [0.1, 0.15) is 13.8 Å². The Hall–Kier alpha value is -1.72. The maximum Gasteiger partial charge on any atom is 0.421 e. The molecule has 2 aliphatic rings. The smallest absolute Gasteiger partial charge is 0.408 e. The minimum Gasteiger partial charge on any atom is -0.408 e. The number of piperazine rings is 1. The van der Waals surface area contributed by atoms with Gasteiger partial charge in [0.05, 0.1) is 24.4 Å². The largest absolute Gasteiger partial charge is 0.421 e. The van der Waals surface area contributed by atoms with Crippen LogP contribution in [0.2, 0.25) is 0 Å². The lowest BCUT2D eigenvalue weighted by Crippen LogP contribution is -2.57. The average molecular weight is 410 g/mol. The van der Waals surface area contributed by atoms with E-state index in [-0.39, 0.29) is 12.2 Å². The van der Waals surface area contributed by atoms with Crippen LogP contribution in [0, 0.1) is 0 Å². The summed E-state index contributed by atoms with van der Waals surface area (Å²) in [5, 5.41) is 0. The molecule has 0 amide bonds. The number of hydrogen-bond donors (Lipinski definition) is 0. The lowest BCUT2D eigenvalue weighted by Gasteiger charge is -2.40. The SMILES string of the molecule is C[C@@H]1CN(S(=O)(=O)N2CCN(Cn3c(=O)oc4ccccc43)CC2)C[C@@H](C)O1. The molecule has 9 nitrogen and oxygen atoms in total. The van der Waals surface area contributed by atoms with E-state index in [1.807, 2.05) is 32.0 Å². The third-order valence-electron chi connectivity index (χ3n) is 5.29. The summed E-state index contributed by atoms with van der Waals surface area (Å²) in [5.41, 5.74) is 1.31. The Morgan fingerprint density at radius 3 is 2.32 bits per heavy atom. The minimum absolute atomic E-state index is 0.110. The fraction of sp³-hybridized carbons (Fsp3) is 0.611. The lowest BCUT2D eigenvalue weighted by atomic mass is 10.3. The van der Waals surface area contributed by atoms with Crippen molar-refractivity contribution in [3.63, 3.8) is 0 Å². The van der Waals surface area contributed by atoms with Crippen LogP contribution in [-0.2, 0) is 21.6 Å². The van der Waals surface area contributed by atoms with E-state index in [4.69, 9.17) is 9.15 Å². The van der Waals surface area contributed by atoms with Gasteiger partial charge in [-0.3, -0.25) is 9.47 Å². The number of ether oxygens (including phenoxy) is 1. The fourth-order valence-electron chi connectivity index (χ4n) is 3.93. The molecule has 0 aliphatic carbocycles. The van der Waals surface area contributed by atoms with Crippen LogP contribution in [0.5, 0.6) is 0 Å². The monoisotopic (exact) mass is 410 g/mol. The summed E-state index contributed by atoms with van der Waals surface area (Å²) in [6.45, 7) is 6.83. The van der Waals surface area contributed by atoms with Crippen LogP contribution in [0.15, 0.2) is 33.5 Å². The van der Waals surface area contributed by atoms with E-state index >= 15 is 0 Å². The Bertz CT molecular complexity index is 983. The fourth-order valence-corrected chi connectivity index (χ4v) is 5.68. The van der Waals surface area contributed by atoms with Gasteiger partial charge in [0.2, 0.25) is 0 Å². The number of morpholine rings is 1. The van der Waals surface area contributed by atoms with E-state index in [1.54, 1.807) is 10.6 Å². The lowest BCUT2D eigenvalue weighted by molar-refractivity contribution is -0.0458. The molecule has 0 unspecified atom stereocenters. The topological polar surface area (TPSA) is 88.2 Å². The number of para-hydroxylation sites is 2.